The standard InChI is InChI=1S/C30H22F2N4O10/c31-24-19(7-3-11-35-24)28(39)43-16-30(41)23(45-29(40)20-8-4-12-36-25(20)32)22(44-27(38)18-6-2-10-34-14-18)21(46-30)15-42-26(37)17-5-1-9-33-13-17/h1-14,21-23,41H,15-16H2. The molecule has 1 N–H and O–H groups in total. The minimum absolute atomic E-state index is 0.0436. The van der Waals surface area contributed by atoms with Crippen molar-refractivity contribution in [2.45, 2.75) is 24.1 Å². The normalized spacial score (nSPS) is 20.4. The SMILES string of the molecule is O=C(OCC1OC(O)(COC(=O)c2cccnc2F)C(OC(=O)c2cccnc2F)C1OC(=O)c1cccnc1)c1cccnc1. The van der Waals surface area contributed by atoms with Crippen LogP contribution in [0, 0.1) is 11.9 Å². The summed E-state index contributed by atoms with van der Waals surface area (Å²) in [5.74, 6) is -9.80. The fraction of sp³-hybridized carbons (Fsp3) is 0.200. The van der Waals surface area contributed by atoms with Crippen LogP contribution in [0.5, 0.6) is 0 Å². The summed E-state index contributed by atoms with van der Waals surface area (Å²) >= 11 is 0. The lowest BCUT2D eigenvalue weighted by Crippen LogP contribution is -2.51. The molecule has 4 unspecified atom stereocenters. The maximum Gasteiger partial charge on any atom is 0.343 e. The van der Waals surface area contributed by atoms with E-state index in [0.29, 0.717) is 0 Å². The maximum atomic E-state index is 14.4. The quantitative estimate of drug-likeness (QED) is 0.151. The fourth-order valence-electron chi connectivity index (χ4n) is 4.29. The Bertz CT molecular complexity index is 1730. The molecule has 46 heavy (non-hydrogen) atoms. The summed E-state index contributed by atoms with van der Waals surface area (Å²) < 4.78 is 55.5. The van der Waals surface area contributed by atoms with Gasteiger partial charge >= 0.3 is 23.9 Å². The predicted octanol–water partition coefficient (Wildman–Crippen LogP) is 2.10. The lowest BCUT2D eigenvalue weighted by Gasteiger charge is -2.29. The molecule has 5 heterocycles. The zero-order valence-electron chi connectivity index (χ0n) is 23.4. The van der Waals surface area contributed by atoms with Gasteiger partial charge in [-0.3, -0.25) is 9.97 Å². The van der Waals surface area contributed by atoms with Crippen molar-refractivity contribution in [1.29, 1.82) is 0 Å². The molecule has 0 radical (unpaired) electrons. The summed E-state index contributed by atoms with van der Waals surface area (Å²) in [7, 11) is 0. The Labute approximate surface area is 257 Å². The van der Waals surface area contributed by atoms with Crippen LogP contribution in [0.2, 0.25) is 0 Å². The number of pyridine rings is 4. The van der Waals surface area contributed by atoms with Crippen molar-refractivity contribution in [3.63, 3.8) is 0 Å². The van der Waals surface area contributed by atoms with Crippen molar-refractivity contribution in [2.24, 2.45) is 0 Å². The first-order chi connectivity index (χ1) is 22.2. The first-order valence-electron chi connectivity index (χ1n) is 13.3. The molecule has 0 bridgehead atoms. The van der Waals surface area contributed by atoms with Crippen LogP contribution in [0.1, 0.15) is 41.4 Å². The number of rotatable bonds is 10. The zero-order chi connectivity index (χ0) is 32.7. The molecule has 16 heteroatoms. The highest BCUT2D eigenvalue weighted by atomic mass is 19.1. The molecule has 236 valence electrons. The topological polar surface area (TPSA) is 186 Å². The highest BCUT2D eigenvalue weighted by Crippen LogP contribution is 2.36. The molecule has 0 aromatic carbocycles. The molecule has 4 aromatic rings. The first kappa shape index (κ1) is 31.7. The summed E-state index contributed by atoms with van der Waals surface area (Å²) in [5, 5.41) is 11.6. The molecule has 1 aliphatic rings. The summed E-state index contributed by atoms with van der Waals surface area (Å²) in [6, 6.07) is 10.3. The van der Waals surface area contributed by atoms with E-state index < -0.39 is 84.2 Å². The van der Waals surface area contributed by atoms with E-state index in [4.69, 9.17) is 23.7 Å². The second-order valence-electron chi connectivity index (χ2n) is 9.54. The molecule has 1 saturated heterocycles. The van der Waals surface area contributed by atoms with E-state index in [-0.39, 0.29) is 11.1 Å². The van der Waals surface area contributed by atoms with E-state index in [0.717, 1.165) is 30.7 Å². The van der Waals surface area contributed by atoms with Gasteiger partial charge in [-0.05, 0) is 48.5 Å². The largest absolute Gasteiger partial charge is 0.459 e. The first-order valence-corrected chi connectivity index (χ1v) is 13.3. The third kappa shape index (κ3) is 7.14. The molecule has 0 amide bonds. The van der Waals surface area contributed by atoms with Gasteiger partial charge in [-0.1, -0.05) is 0 Å². The Morgan fingerprint density at radius 3 is 1.87 bits per heavy atom. The Kier molecular flexibility index (Phi) is 9.58. The van der Waals surface area contributed by atoms with Gasteiger partial charge < -0.3 is 28.8 Å². The number of carbonyl (C=O) groups excluding carboxylic acids is 4. The van der Waals surface area contributed by atoms with Crippen molar-refractivity contribution >= 4 is 23.9 Å². The monoisotopic (exact) mass is 636 g/mol. The van der Waals surface area contributed by atoms with Crippen molar-refractivity contribution in [3.05, 3.63) is 120 Å². The number of nitrogens with zero attached hydrogens (tertiary/aromatic N) is 4. The summed E-state index contributed by atoms with van der Waals surface area (Å²) in [4.78, 5) is 65.9. The van der Waals surface area contributed by atoms with Crippen LogP contribution < -0.4 is 0 Å². The van der Waals surface area contributed by atoms with E-state index in [2.05, 4.69) is 19.9 Å². The van der Waals surface area contributed by atoms with Crippen LogP contribution in [0.4, 0.5) is 8.78 Å². The molecule has 0 aliphatic carbocycles. The molecule has 14 nitrogen and oxygen atoms in total. The van der Waals surface area contributed by atoms with Crippen LogP contribution in [-0.2, 0) is 23.7 Å². The number of hydrogen-bond acceptors (Lipinski definition) is 14. The van der Waals surface area contributed by atoms with Crippen LogP contribution in [0.25, 0.3) is 0 Å². The molecule has 0 saturated carbocycles. The Morgan fingerprint density at radius 1 is 0.739 bits per heavy atom. The lowest BCUT2D eigenvalue weighted by atomic mass is 10.0. The zero-order valence-corrected chi connectivity index (χ0v) is 23.4. The number of esters is 4. The number of ether oxygens (including phenoxy) is 5. The van der Waals surface area contributed by atoms with Gasteiger partial charge in [0.1, 0.15) is 30.4 Å². The number of hydrogen-bond donors (Lipinski definition) is 1. The van der Waals surface area contributed by atoms with Gasteiger partial charge in [0.05, 0.1) is 11.1 Å². The number of aromatic nitrogens is 4. The van der Waals surface area contributed by atoms with Crippen LogP contribution in [0.15, 0.2) is 85.7 Å². The molecule has 5 rings (SSSR count). The highest BCUT2D eigenvalue weighted by molar-refractivity contribution is 5.91. The maximum absolute atomic E-state index is 14.4. The third-order valence-corrected chi connectivity index (χ3v) is 6.48. The minimum atomic E-state index is -2.83. The van der Waals surface area contributed by atoms with Crippen molar-refractivity contribution in [1.82, 2.24) is 19.9 Å². The van der Waals surface area contributed by atoms with Gasteiger partial charge in [-0.15, -0.1) is 0 Å². The highest BCUT2D eigenvalue weighted by Gasteiger charge is 2.60. The van der Waals surface area contributed by atoms with E-state index in [1.165, 1.54) is 55.0 Å². The summed E-state index contributed by atoms with van der Waals surface area (Å²) in [5.41, 5.74) is -1.28. The average Bonchev–Trinajstić information content (AvgIpc) is 3.33. The number of carbonyl (C=O) groups is 4. The van der Waals surface area contributed by atoms with Gasteiger partial charge in [0.2, 0.25) is 17.7 Å². The lowest BCUT2D eigenvalue weighted by molar-refractivity contribution is -0.247. The third-order valence-electron chi connectivity index (χ3n) is 6.48. The van der Waals surface area contributed by atoms with Crippen LogP contribution in [0.3, 0.4) is 0 Å². The molecule has 4 aromatic heterocycles. The molecular weight excluding hydrogens is 614 g/mol. The van der Waals surface area contributed by atoms with E-state index in [9.17, 15) is 33.1 Å². The van der Waals surface area contributed by atoms with E-state index in [1.54, 1.807) is 0 Å². The number of halogens is 2. The Hall–Kier alpha value is -5.74. The second-order valence-corrected chi connectivity index (χ2v) is 9.54. The van der Waals surface area contributed by atoms with Gasteiger partial charge in [0.25, 0.3) is 0 Å². The van der Waals surface area contributed by atoms with E-state index >= 15 is 0 Å². The Balaban J connectivity index is 1.47. The second kappa shape index (κ2) is 13.9. The number of aliphatic hydroxyl groups is 1. The predicted molar refractivity (Wildman–Crippen MR) is 146 cm³/mol. The van der Waals surface area contributed by atoms with Gasteiger partial charge in [0, 0.05) is 37.2 Å². The summed E-state index contributed by atoms with van der Waals surface area (Å²) in [6.45, 7) is -1.84. The summed E-state index contributed by atoms with van der Waals surface area (Å²) in [6.07, 6.45) is 1.97. The average molecular weight is 637 g/mol. The molecular formula is C30H22F2N4O10. The van der Waals surface area contributed by atoms with Crippen molar-refractivity contribution < 1.29 is 56.7 Å². The van der Waals surface area contributed by atoms with Crippen molar-refractivity contribution in [3.8, 4) is 0 Å². The molecule has 1 fully saturated rings. The van der Waals surface area contributed by atoms with Gasteiger partial charge in [-0.2, -0.15) is 8.78 Å². The Morgan fingerprint density at radius 2 is 1.30 bits per heavy atom. The van der Waals surface area contributed by atoms with Crippen LogP contribution >= 0.6 is 0 Å². The van der Waals surface area contributed by atoms with Crippen LogP contribution in [-0.4, -0.2) is 86.2 Å². The van der Waals surface area contributed by atoms with Crippen molar-refractivity contribution in [2.75, 3.05) is 13.2 Å². The minimum Gasteiger partial charge on any atom is -0.459 e. The van der Waals surface area contributed by atoms with Gasteiger partial charge in [0.15, 0.2) is 12.2 Å². The molecule has 4 atom stereocenters. The molecule has 0 spiro atoms. The fourth-order valence-corrected chi connectivity index (χ4v) is 4.29. The van der Waals surface area contributed by atoms with Gasteiger partial charge in [-0.25, -0.2) is 29.1 Å². The van der Waals surface area contributed by atoms with E-state index in [1.807, 2.05) is 0 Å². The smallest absolute Gasteiger partial charge is 0.343 e. The molecule has 1 aliphatic heterocycles.